The first-order chi connectivity index (χ1) is 12.0. The molecule has 1 amide bonds. The molecule has 0 bridgehead atoms. The molecule has 0 aliphatic heterocycles. The zero-order valence-electron chi connectivity index (χ0n) is 16.2. The van der Waals surface area contributed by atoms with Gasteiger partial charge in [-0.1, -0.05) is 62.9 Å². The second kappa shape index (κ2) is 9.96. The molecule has 0 spiro atoms. The minimum Gasteiger partial charge on any atom is -0.386 e. The van der Waals surface area contributed by atoms with Crippen molar-refractivity contribution in [3.63, 3.8) is 0 Å². The van der Waals surface area contributed by atoms with Gasteiger partial charge in [-0.05, 0) is 44.1 Å². The molecule has 140 valence electrons. The second-order valence-corrected chi connectivity index (χ2v) is 7.76. The van der Waals surface area contributed by atoms with E-state index in [2.05, 4.69) is 6.92 Å². The van der Waals surface area contributed by atoms with Gasteiger partial charge in [0.25, 0.3) is 0 Å². The fraction of sp³-hybridized carbons (Fsp3) is 0.682. The summed E-state index contributed by atoms with van der Waals surface area (Å²) < 4.78 is 0. The Kier molecular flexibility index (Phi) is 7.95. The molecule has 1 aromatic carbocycles. The summed E-state index contributed by atoms with van der Waals surface area (Å²) in [6.07, 6.45) is 9.01. The molecule has 0 heterocycles. The topological polar surface area (TPSA) is 40.5 Å². The Morgan fingerprint density at radius 3 is 2.40 bits per heavy atom. The standard InChI is InChI=1S/C22H35NO2/c1-4-5-7-10-18-13-15-20(16-14-18)22(25)23(3)17(2)21(24)19-11-8-6-9-12-19/h6,8-9,11-12,17-18,20-21,24H,4-5,7,10,13-16H2,1-3H3/t17-,18?,20?,21+/m1/s1. The first-order valence-corrected chi connectivity index (χ1v) is 10.0. The van der Waals surface area contributed by atoms with E-state index in [1.54, 1.807) is 4.90 Å². The number of likely N-dealkylation sites (N-methyl/N-ethyl adjacent to an activating group) is 1. The number of nitrogens with zero attached hydrogens (tertiary/aromatic N) is 1. The summed E-state index contributed by atoms with van der Waals surface area (Å²) >= 11 is 0. The van der Waals surface area contributed by atoms with Gasteiger partial charge in [-0.25, -0.2) is 0 Å². The predicted octanol–water partition coefficient (Wildman–Crippen LogP) is 4.95. The van der Waals surface area contributed by atoms with Crippen LogP contribution in [0.15, 0.2) is 30.3 Å². The summed E-state index contributed by atoms with van der Waals surface area (Å²) in [5.41, 5.74) is 0.870. The fourth-order valence-electron chi connectivity index (χ4n) is 4.01. The third kappa shape index (κ3) is 5.57. The quantitative estimate of drug-likeness (QED) is 0.677. The Labute approximate surface area is 153 Å². The fourth-order valence-corrected chi connectivity index (χ4v) is 4.01. The van der Waals surface area contributed by atoms with Gasteiger partial charge < -0.3 is 10.0 Å². The van der Waals surface area contributed by atoms with Crippen LogP contribution in [0.3, 0.4) is 0 Å². The van der Waals surface area contributed by atoms with E-state index in [0.29, 0.717) is 0 Å². The number of carbonyl (C=O) groups excluding carboxylic acids is 1. The lowest BCUT2D eigenvalue weighted by Gasteiger charge is -2.35. The molecular formula is C22H35NO2. The summed E-state index contributed by atoms with van der Waals surface area (Å²) in [6, 6.07) is 9.41. The molecule has 0 radical (unpaired) electrons. The highest BCUT2D eigenvalue weighted by atomic mass is 16.3. The van der Waals surface area contributed by atoms with Gasteiger partial charge in [-0.3, -0.25) is 4.79 Å². The molecule has 0 aromatic heterocycles. The summed E-state index contributed by atoms with van der Waals surface area (Å²) in [5.74, 6) is 1.15. The van der Waals surface area contributed by atoms with Crippen molar-refractivity contribution < 1.29 is 9.90 Å². The minimum atomic E-state index is -0.638. The van der Waals surface area contributed by atoms with Crippen LogP contribution in [0, 0.1) is 11.8 Å². The zero-order chi connectivity index (χ0) is 18.2. The SMILES string of the molecule is CCCCCC1CCC(C(=O)N(C)[C@H](C)[C@H](O)c2ccccc2)CC1. The number of unbranched alkanes of at least 4 members (excludes halogenated alkanes) is 2. The van der Waals surface area contributed by atoms with E-state index in [4.69, 9.17) is 0 Å². The van der Waals surface area contributed by atoms with Crippen LogP contribution in [0.25, 0.3) is 0 Å². The molecule has 1 aromatic rings. The number of amides is 1. The Balaban J connectivity index is 1.84. The van der Waals surface area contributed by atoms with Gasteiger partial charge >= 0.3 is 0 Å². The Morgan fingerprint density at radius 2 is 1.80 bits per heavy atom. The molecule has 1 N–H and O–H groups in total. The molecule has 0 unspecified atom stereocenters. The first kappa shape index (κ1) is 20.0. The minimum absolute atomic E-state index is 0.137. The monoisotopic (exact) mass is 345 g/mol. The number of carbonyl (C=O) groups is 1. The molecule has 1 aliphatic rings. The summed E-state index contributed by atoms with van der Waals surface area (Å²) in [4.78, 5) is 14.6. The highest BCUT2D eigenvalue weighted by molar-refractivity contribution is 5.79. The third-order valence-electron chi connectivity index (χ3n) is 5.97. The number of aliphatic hydroxyl groups excluding tert-OH is 1. The van der Waals surface area contributed by atoms with Crippen molar-refractivity contribution in [2.75, 3.05) is 7.05 Å². The normalized spacial score (nSPS) is 23.0. The molecule has 2 rings (SSSR count). The van der Waals surface area contributed by atoms with Crippen LogP contribution in [-0.4, -0.2) is 29.0 Å². The van der Waals surface area contributed by atoms with E-state index in [1.165, 1.54) is 38.5 Å². The third-order valence-corrected chi connectivity index (χ3v) is 5.97. The summed E-state index contributed by atoms with van der Waals surface area (Å²) in [7, 11) is 1.84. The Morgan fingerprint density at radius 1 is 1.16 bits per heavy atom. The smallest absolute Gasteiger partial charge is 0.225 e. The van der Waals surface area contributed by atoms with Crippen LogP contribution in [-0.2, 0) is 4.79 Å². The van der Waals surface area contributed by atoms with Crippen LogP contribution in [0.5, 0.6) is 0 Å². The summed E-state index contributed by atoms with van der Waals surface area (Å²) in [6.45, 7) is 4.18. The molecule has 3 heteroatoms. The van der Waals surface area contributed by atoms with Gasteiger partial charge in [0.1, 0.15) is 0 Å². The van der Waals surface area contributed by atoms with E-state index in [1.807, 2.05) is 44.3 Å². The number of hydrogen-bond acceptors (Lipinski definition) is 2. The highest BCUT2D eigenvalue weighted by Gasteiger charge is 2.31. The van der Waals surface area contributed by atoms with E-state index >= 15 is 0 Å². The van der Waals surface area contributed by atoms with Crippen LogP contribution in [0.4, 0.5) is 0 Å². The van der Waals surface area contributed by atoms with Gasteiger partial charge in [-0.15, -0.1) is 0 Å². The second-order valence-electron chi connectivity index (χ2n) is 7.76. The van der Waals surface area contributed by atoms with E-state index in [-0.39, 0.29) is 17.9 Å². The lowest BCUT2D eigenvalue weighted by atomic mass is 9.79. The van der Waals surface area contributed by atoms with E-state index < -0.39 is 6.10 Å². The highest BCUT2D eigenvalue weighted by Crippen LogP contribution is 2.33. The van der Waals surface area contributed by atoms with Crippen LogP contribution in [0.2, 0.25) is 0 Å². The van der Waals surface area contributed by atoms with Crippen LogP contribution in [0.1, 0.15) is 76.9 Å². The largest absolute Gasteiger partial charge is 0.386 e. The van der Waals surface area contributed by atoms with E-state index in [0.717, 1.165) is 24.3 Å². The van der Waals surface area contributed by atoms with Gasteiger partial charge in [0.05, 0.1) is 12.1 Å². The maximum absolute atomic E-state index is 12.9. The van der Waals surface area contributed by atoms with Crippen molar-refractivity contribution in [3.05, 3.63) is 35.9 Å². The number of benzene rings is 1. The lowest BCUT2D eigenvalue weighted by molar-refractivity contribution is -0.139. The van der Waals surface area contributed by atoms with Crippen molar-refractivity contribution in [2.24, 2.45) is 11.8 Å². The molecule has 1 aliphatic carbocycles. The van der Waals surface area contributed by atoms with Gasteiger partial charge in [-0.2, -0.15) is 0 Å². The molecule has 0 saturated heterocycles. The predicted molar refractivity (Wildman–Crippen MR) is 103 cm³/mol. The maximum Gasteiger partial charge on any atom is 0.225 e. The molecule has 1 saturated carbocycles. The molecule has 2 atom stereocenters. The van der Waals surface area contributed by atoms with Crippen molar-refractivity contribution in [2.45, 2.75) is 77.4 Å². The van der Waals surface area contributed by atoms with Gasteiger partial charge in [0.15, 0.2) is 0 Å². The Hall–Kier alpha value is -1.35. The molecular weight excluding hydrogens is 310 g/mol. The van der Waals surface area contributed by atoms with E-state index in [9.17, 15) is 9.90 Å². The number of hydrogen-bond donors (Lipinski definition) is 1. The van der Waals surface area contributed by atoms with Crippen molar-refractivity contribution in [1.82, 2.24) is 4.90 Å². The first-order valence-electron chi connectivity index (χ1n) is 10.0. The van der Waals surface area contributed by atoms with Crippen molar-refractivity contribution in [3.8, 4) is 0 Å². The lowest BCUT2D eigenvalue weighted by Crippen LogP contribution is -2.43. The maximum atomic E-state index is 12.9. The summed E-state index contributed by atoms with van der Waals surface area (Å²) in [5, 5.41) is 10.6. The van der Waals surface area contributed by atoms with Crippen molar-refractivity contribution in [1.29, 1.82) is 0 Å². The van der Waals surface area contributed by atoms with Gasteiger partial charge in [0, 0.05) is 13.0 Å². The average molecular weight is 346 g/mol. The number of rotatable bonds is 8. The zero-order valence-corrected chi connectivity index (χ0v) is 16.2. The van der Waals surface area contributed by atoms with Crippen molar-refractivity contribution >= 4 is 5.91 Å². The molecule has 1 fully saturated rings. The molecule has 3 nitrogen and oxygen atoms in total. The van der Waals surface area contributed by atoms with Crippen LogP contribution < -0.4 is 0 Å². The average Bonchev–Trinajstić information content (AvgIpc) is 2.67. The number of aliphatic hydroxyl groups is 1. The molecule has 25 heavy (non-hydrogen) atoms. The van der Waals surface area contributed by atoms with Crippen LogP contribution >= 0.6 is 0 Å². The van der Waals surface area contributed by atoms with Gasteiger partial charge in [0.2, 0.25) is 5.91 Å². The Bertz CT molecular complexity index is 508.